The van der Waals surface area contributed by atoms with E-state index in [0.29, 0.717) is 12.8 Å². The molecule has 1 fully saturated rings. The van der Waals surface area contributed by atoms with Crippen LogP contribution in [0.2, 0.25) is 0 Å². The first-order chi connectivity index (χ1) is 6.61. The number of ketones is 1. The number of hydrogen-bond acceptors (Lipinski definition) is 3. The van der Waals surface area contributed by atoms with E-state index < -0.39 is 10.8 Å². The predicted molar refractivity (Wildman–Crippen MR) is 53.3 cm³/mol. The van der Waals surface area contributed by atoms with E-state index in [0.717, 1.165) is 19.3 Å². The van der Waals surface area contributed by atoms with Crippen molar-refractivity contribution in [1.29, 1.82) is 0 Å². The molecule has 0 aromatic heterocycles. The van der Waals surface area contributed by atoms with Gasteiger partial charge in [-0.25, -0.2) is 4.79 Å². The smallest absolute Gasteiger partial charge is 0.334 e. The van der Waals surface area contributed by atoms with Crippen molar-refractivity contribution in [3.63, 3.8) is 0 Å². The Morgan fingerprint density at radius 1 is 1.50 bits per heavy atom. The summed E-state index contributed by atoms with van der Waals surface area (Å²) in [5, 5.41) is 0. The molecule has 80 valence electrons. The summed E-state index contributed by atoms with van der Waals surface area (Å²) in [7, 11) is 0. The molecule has 4 heteroatoms. The fourth-order valence-electron chi connectivity index (χ4n) is 1.63. The van der Waals surface area contributed by atoms with Gasteiger partial charge < -0.3 is 4.74 Å². The maximum Gasteiger partial charge on any atom is 0.334 e. The lowest BCUT2D eigenvalue weighted by molar-refractivity contribution is -0.149. The molecule has 1 aliphatic carbocycles. The molecule has 0 bridgehead atoms. The van der Waals surface area contributed by atoms with Gasteiger partial charge in [0.25, 0.3) is 0 Å². The van der Waals surface area contributed by atoms with Gasteiger partial charge in [-0.2, -0.15) is 0 Å². The number of esters is 1. The van der Waals surface area contributed by atoms with Crippen molar-refractivity contribution in [2.45, 2.75) is 43.9 Å². The van der Waals surface area contributed by atoms with Crippen LogP contribution in [-0.4, -0.2) is 23.2 Å². The minimum Gasteiger partial charge on any atom is -0.464 e. The molecule has 0 saturated heterocycles. The number of ether oxygens (including phenoxy) is 1. The Morgan fingerprint density at radius 3 is 2.86 bits per heavy atom. The first-order valence-electron chi connectivity index (χ1n) is 5.00. The Bertz CT molecular complexity index is 240. The van der Waals surface area contributed by atoms with Crippen molar-refractivity contribution < 1.29 is 14.3 Å². The second-order valence-electron chi connectivity index (χ2n) is 3.51. The summed E-state index contributed by atoms with van der Waals surface area (Å²) in [5.74, 6) is -0.760. The first kappa shape index (κ1) is 11.5. The van der Waals surface area contributed by atoms with Gasteiger partial charge in [-0.15, -0.1) is 0 Å². The summed E-state index contributed by atoms with van der Waals surface area (Å²) in [6.45, 7) is 1.97. The van der Waals surface area contributed by atoms with E-state index in [1.807, 2.05) is 0 Å². The van der Waals surface area contributed by atoms with Gasteiger partial charge in [-0.1, -0.05) is 24.4 Å². The highest BCUT2D eigenvalue weighted by molar-refractivity contribution is 6.45. The number of carbonyl (C=O) groups excluding carboxylic acids is 2. The highest BCUT2D eigenvalue weighted by Crippen LogP contribution is 2.31. The van der Waals surface area contributed by atoms with Crippen LogP contribution in [0.3, 0.4) is 0 Å². The standard InChI is InChI=1S/C10H15ClO3/c1-2-14-9(13)10(11)7-5-3-4-6-8(10)12/h2-7H2,1H3/t10-/m1/s1. The fraction of sp³-hybridized carbons (Fsp3) is 0.800. The van der Waals surface area contributed by atoms with Gasteiger partial charge in [0.2, 0.25) is 0 Å². The van der Waals surface area contributed by atoms with Gasteiger partial charge >= 0.3 is 5.97 Å². The van der Waals surface area contributed by atoms with Gasteiger partial charge in [0.05, 0.1) is 6.61 Å². The van der Waals surface area contributed by atoms with Gasteiger partial charge in [0.1, 0.15) is 0 Å². The molecule has 0 heterocycles. The lowest BCUT2D eigenvalue weighted by atomic mass is 9.98. The van der Waals surface area contributed by atoms with Crippen LogP contribution < -0.4 is 0 Å². The second-order valence-corrected chi connectivity index (χ2v) is 4.15. The molecule has 0 aromatic rings. The average molecular weight is 219 g/mol. The zero-order valence-electron chi connectivity index (χ0n) is 8.35. The third-order valence-electron chi connectivity index (χ3n) is 2.47. The second kappa shape index (κ2) is 4.78. The molecule has 1 aliphatic rings. The Morgan fingerprint density at radius 2 is 2.21 bits per heavy atom. The van der Waals surface area contributed by atoms with E-state index in [9.17, 15) is 9.59 Å². The van der Waals surface area contributed by atoms with Gasteiger partial charge in [0.15, 0.2) is 10.7 Å². The summed E-state index contributed by atoms with van der Waals surface area (Å²) in [6, 6.07) is 0. The molecule has 0 aromatic carbocycles. The minimum atomic E-state index is -1.40. The number of Topliss-reactive ketones (excluding diaryl/α,β-unsaturated/α-hetero) is 1. The molecule has 1 saturated carbocycles. The van der Waals surface area contributed by atoms with Gasteiger partial charge in [0, 0.05) is 6.42 Å². The third kappa shape index (κ3) is 2.27. The SMILES string of the molecule is CCOC(=O)[C@@]1(Cl)CCCCCC1=O. The Labute approximate surface area is 88.8 Å². The minimum absolute atomic E-state index is 0.185. The van der Waals surface area contributed by atoms with Crippen LogP contribution in [0, 0.1) is 0 Å². The monoisotopic (exact) mass is 218 g/mol. The molecule has 0 amide bonds. The number of rotatable bonds is 2. The van der Waals surface area contributed by atoms with Crippen LogP contribution in [0.1, 0.15) is 39.0 Å². The van der Waals surface area contributed by atoms with E-state index in [1.54, 1.807) is 6.92 Å². The van der Waals surface area contributed by atoms with Crippen molar-refractivity contribution in [1.82, 2.24) is 0 Å². The summed E-state index contributed by atoms with van der Waals surface area (Å²) in [4.78, 5) is 21.7. The maximum atomic E-state index is 11.6. The summed E-state index contributed by atoms with van der Waals surface area (Å²) >= 11 is 6.04. The molecule has 0 spiro atoms. The predicted octanol–water partition coefficient (Wildman–Crippen LogP) is 2.06. The highest BCUT2D eigenvalue weighted by atomic mass is 35.5. The summed E-state index contributed by atoms with van der Waals surface area (Å²) in [5.41, 5.74) is 0. The van der Waals surface area contributed by atoms with Crippen LogP contribution >= 0.6 is 11.6 Å². The summed E-state index contributed by atoms with van der Waals surface area (Å²) in [6.07, 6.45) is 3.40. The van der Waals surface area contributed by atoms with Gasteiger partial charge in [-0.05, 0) is 19.8 Å². The van der Waals surface area contributed by atoms with Crippen LogP contribution in [0.4, 0.5) is 0 Å². The first-order valence-corrected chi connectivity index (χ1v) is 5.38. The van der Waals surface area contributed by atoms with Crippen molar-refractivity contribution in [2.75, 3.05) is 6.61 Å². The quantitative estimate of drug-likeness (QED) is 0.308. The molecule has 0 unspecified atom stereocenters. The van der Waals surface area contributed by atoms with Crippen LogP contribution in [0.25, 0.3) is 0 Å². The number of hydrogen-bond donors (Lipinski definition) is 0. The normalized spacial score (nSPS) is 28.3. The Kier molecular flexibility index (Phi) is 3.93. The topological polar surface area (TPSA) is 43.4 Å². The fourth-order valence-corrected chi connectivity index (χ4v) is 1.91. The zero-order chi connectivity index (χ0) is 10.6. The van der Waals surface area contributed by atoms with Crippen molar-refractivity contribution in [3.05, 3.63) is 0 Å². The number of carbonyl (C=O) groups is 2. The number of halogens is 1. The zero-order valence-corrected chi connectivity index (χ0v) is 9.10. The molecule has 14 heavy (non-hydrogen) atoms. The Hall–Kier alpha value is -0.570. The van der Waals surface area contributed by atoms with Crippen LogP contribution in [-0.2, 0) is 14.3 Å². The van der Waals surface area contributed by atoms with Crippen molar-refractivity contribution in [3.8, 4) is 0 Å². The molecular weight excluding hydrogens is 204 g/mol. The molecule has 0 radical (unpaired) electrons. The lowest BCUT2D eigenvalue weighted by Gasteiger charge is -2.20. The number of alkyl halides is 1. The lowest BCUT2D eigenvalue weighted by Crippen LogP contribution is -2.41. The van der Waals surface area contributed by atoms with Crippen molar-refractivity contribution >= 4 is 23.4 Å². The Balaban J connectivity index is 2.76. The molecular formula is C10H15ClO3. The van der Waals surface area contributed by atoms with E-state index >= 15 is 0 Å². The van der Waals surface area contributed by atoms with E-state index in [-0.39, 0.29) is 12.4 Å². The van der Waals surface area contributed by atoms with Crippen LogP contribution in [0.5, 0.6) is 0 Å². The summed E-state index contributed by atoms with van der Waals surface area (Å²) < 4.78 is 4.82. The van der Waals surface area contributed by atoms with E-state index in [2.05, 4.69) is 0 Å². The molecule has 0 N–H and O–H groups in total. The van der Waals surface area contributed by atoms with E-state index in [1.165, 1.54) is 0 Å². The van der Waals surface area contributed by atoms with Gasteiger partial charge in [-0.3, -0.25) is 4.79 Å². The molecule has 1 atom stereocenters. The molecule has 0 aliphatic heterocycles. The molecule has 1 rings (SSSR count). The largest absolute Gasteiger partial charge is 0.464 e. The van der Waals surface area contributed by atoms with Crippen molar-refractivity contribution in [2.24, 2.45) is 0 Å². The van der Waals surface area contributed by atoms with Crippen LogP contribution in [0.15, 0.2) is 0 Å². The highest BCUT2D eigenvalue weighted by Gasteiger charge is 2.45. The third-order valence-corrected chi connectivity index (χ3v) is 3.02. The van der Waals surface area contributed by atoms with E-state index in [4.69, 9.17) is 16.3 Å². The molecule has 3 nitrogen and oxygen atoms in total. The maximum absolute atomic E-state index is 11.6. The average Bonchev–Trinajstić information content (AvgIpc) is 2.31.